The molecule has 0 aliphatic carbocycles. The summed E-state index contributed by atoms with van der Waals surface area (Å²) in [5.41, 5.74) is 1.68. The van der Waals surface area contributed by atoms with Crippen LogP contribution in [0.2, 0.25) is 0 Å². The molecule has 2 heterocycles. The van der Waals surface area contributed by atoms with Crippen molar-refractivity contribution in [1.29, 1.82) is 0 Å². The molecule has 0 saturated carbocycles. The number of pyridine rings is 1. The number of aryl methyl sites for hydroxylation is 1. The number of hydrogen-bond acceptors (Lipinski definition) is 5. The van der Waals surface area contributed by atoms with Crippen molar-refractivity contribution >= 4 is 0 Å². The van der Waals surface area contributed by atoms with Gasteiger partial charge in [0.25, 0.3) is 5.89 Å². The summed E-state index contributed by atoms with van der Waals surface area (Å²) in [4.78, 5) is 8.05. The normalized spacial score (nSPS) is 10.7. The van der Waals surface area contributed by atoms with Gasteiger partial charge in [-0.3, -0.25) is 4.98 Å². The highest BCUT2D eigenvalue weighted by molar-refractivity contribution is 5.60. The summed E-state index contributed by atoms with van der Waals surface area (Å²) in [6, 6.07) is 6.05. The van der Waals surface area contributed by atoms with Crippen LogP contribution in [0.4, 0.5) is 4.39 Å². The average Bonchev–Trinajstić information content (AvgIpc) is 2.92. The molecule has 1 aromatic carbocycles. The van der Waals surface area contributed by atoms with Crippen LogP contribution in [0.5, 0.6) is 5.75 Å². The van der Waals surface area contributed by atoms with Gasteiger partial charge < -0.3 is 9.63 Å². The molecule has 0 spiro atoms. The number of rotatable bonds is 2. The van der Waals surface area contributed by atoms with Gasteiger partial charge in [-0.1, -0.05) is 5.16 Å². The van der Waals surface area contributed by atoms with Crippen molar-refractivity contribution in [2.45, 2.75) is 6.92 Å². The summed E-state index contributed by atoms with van der Waals surface area (Å²) >= 11 is 0. The molecule has 3 aromatic rings. The Bertz CT molecular complexity index is 771. The fourth-order valence-corrected chi connectivity index (χ4v) is 1.79. The molecule has 5 nitrogen and oxygen atoms in total. The van der Waals surface area contributed by atoms with Crippen molar-refractivity contribution < 1.29 is 14.0 Å². The summed E-state index contributed by atoms with van der Waals surface area (Å²) in [6.45, 7) is 1.67. The molecule has 0 aliphatic heterocycles. The fourth-order valence-electron chi connectivity index (χ4n) is 1.79. The van der Waals surface area contributed by atoms with E-state index in [-0.39, 0.29) is 17.5 Å². The van der Waals surface area contributed by atoms with E-state index >= 15 is 0 Å². The molecule has 3 rings (SSSR count). The molecular weight excluding hydrogens is 261 g/mol. The van der Waals surface area contributed by atoms with E-state index in [1.165, 1.54) is 24.5 Å². The Labute approximate surface area is 113 Å². The van der Waals surface area contributed by atoms with Gasteiger partial charge in [0.05, 0.1) is 11.8 Å². The molecule has 0 amide bonds. The van der Waals surface area contributed by atoms with Crippen LogP contribution in [-0.4, -0.2) is 20.2 Å². The van der Waals surface area contributed by atoms with Crippen molar-refractivity contribution in [2.75, 3.05) is 0 Å². The second-order valence-electron chi connectivity index (χ2n) is 4.32. The minimum atomic E-state index is -0.283. The first-order valence-corrected chi connectivity index (χ1v) is 5.88. The Morgan fingerprint density at radius 3 is 2.75 bits per heavy atom. The number of benzene rings is 1. The highest BCUT2D eigenvalue weighted by Crippen LogP contribution is 2.24. The molecule has 100 valence electrons. The first-order chi connectivity index (χ1) is 9.63. The van der Waals surface area contributed by atoms with Crippen LogP contribution in [0.25, 0.3) is 22.8 Å². The number of halogens is 1. The van der Waals surface area contributed by atoms with Gasteiger partial charge in [0.1, 0.15) is 11.6 Å². The topological polar surface area (TPSA) is 72.0 Å². The SMILES string of the molecule is Cc1cc(-c2noc(-c3cncc(O)c3)n2)ccc1F. The van der Waals surface area contributed by atoms with Crippen molar-refractivity contribution in [3.63, 3.8) is 0 Å². The van der Waals surface area contributed by atoms with E-state index in [9.17, 15) is 9.50 Å². The third-order valence-electron chi connectivity index (χ3n) is 2.81. The third-order valence-corrected chi connectivity index (χ3v) is 2.81. The lowest BCUT2D eigenvalue weighted by Crippen LogP contribution is -1.86. The maximum atomic E-state index is 13.2. The highest BCUT2D eigenvalue weighted by Gasteiger charge is 2.12. The monoisotopic (exact) mass is 271 g/mol. The largest absolute Gasteiger partial charge is 0.506 e. The van der Waals surface area contributed by atoms with Crippen molar-refractivity contribution in [3.05, 3.63) is 48.0 Å². The molecule has 0 unspecified atom stereocenters. The molecule has 1 N–H and O–H groups in total. The molecule has 0 saturated heterocycles. The predicted molar refractivity (Wildman–Crippen MR) is 69.3 cm³/mol. The molecule has 0 aliphatic rings. The van der Waals surface area contributed by atoms with Gasteiger partial charge in [0.2, 0.25) is 5.82 Å². The lowest BCUT2D eigenvalue weighted by molar-refractivity contribution is 0.431. The number of hydrogen-bond donors (Lipinski definition) is 1. The minimum absolute atomic E-state index is 0.0138. The third kappa shape index (κ3) is 2.23. The molecule has 20 heavy (non-hydrogen) atoms. The second-order valence-corrected chi connectivity index (χ2v) is 4.32. The molecule has 6 heteroatoms. The van der Waals surface area contributed by atoms with Gasteiger partial charge >= 0.3 is 0 Å². The van der Waals surface area contributed by atoms with Crippen LogP contribution in [-0.2, 0) is 0 Å². The first kappa shape index (κ1) is 12.3. The Morgan fingerprint density at radius 1 is 1.15 bits per heavy atom. The van der Waals surface area contributed by atoms with E-state index in [0.717, 1.165) is 0 Å². The minimum Gasteiger partial charge on any atom is -0.506 e. The molecular formula is C14H10FN3O2. The Morgan fingerprint density at radius 2 is 2.00 bits per heavy atom. The predicted octanol–water partition coefficient (Wildman–Crippen LogP) is 2.95. The zero-order valence-electron chi connectivity index (χ0n) is 10.5. The zero-order valence-corrected chi connectivity index (χ0v) is 10.5. The van der Waals surface area contributed by atoms with Crippen molar-refractivity contribution in [3.8, 4) is 28.6 Å². The summed E-state index contributed by atoms with van der Waals surface area (Å²) in [6.07, 6.45) is 2.82. The van der Waals surface area contributed by atoms with E-state index in [4.69, 9.17) is 4.52 Å². The number of aromatic hydroxyl groups is 1. The average molecular weight is 271 g/mol. The summed E-state index contributed by atoms with van der Waals surface area (Å²) in [5, 5.41) is 13.2. The Balaban J connectivity index is 1.99. The molecule has 0 radical (unpaired) electrons. The maximum absolute atomic E-state index is 13.2. The van der Waals surface area contributed by atoms with Gasteiger partial charge in [-0.2, -0.15) is 4.98 Å². The van der Waals surface area contributed by atoms with E-state index in [2.05, 4.69) is 15.1 Å². The molecule has 2 aromatic heterocycles. The number of nitrogens with zero attached hydrogens (tertiary/aromatic N) is 3. The molecule has 0 fully saturated rings. The van der Waals surface area contributed by atoms with Crippen LogP contribution >= 0.6 is 0 Å². The standard InChI is InChI=1S/C14H10FN3O2/c1-8-4-9(2-3-12(8)15)13-17-14(20-18-13)10-5-11(19)7-16-6-10/h2-7,19H,1H3. The van der Waals surface area contributed by atoms with Crippen molar-refractivity contribution in [1.82, 2.24) is 15.1 Å². The van der Waals surface area contributed by atoms with E-state index in [1.807, 2.05) is 0 Å². The quantitative estimate of drug-likeness (QED) is 0.775. The van der Waals surface area contributed by atoms with Gasteiger partial charge in [-0.15, -0.1) is 0 Å². The van der Waals surface area contributed by atoms with Crippen molar-refractivity contribution in [2.24, 2.45) is 0 Å². The van der Waals surface area contributed by atoms with E-state index in [0.29, 0.717) is 22.5 Å². The van der Waals surface area contributed by atoms with Crippen LogP contribution in [0, 0.1) is 12.7 Å². The van der Waals surface area contributed by atoms with E-state index in [1.54, 1.807) is 19.1 Å². The maximum Gasteiger partial charge on any atom is 0.259 e. The molecule has 0 atom stereocenters. The zero-order chi connectivity index (χ0) is 14.1. The highest BCUT2D eigenvalue weighted by atomic mass is 19.1. The lowest BCUT2D eigenvalue weighted by atomic mass is 10.1. The van der Waals surface area contributed by atoms with Crippen LogP contribution in [0.1, 0.15) is 5.56 Å². The van der Waals surface area contributed by atoms with Gasteiger partial charge in [0, 0.05) is 11.8 Å². The number of aromatic nitrogens is 3. The van der Waals surface area contributed by atoms with Crippen LogP contribution in [0.3, 0.4) is 0 Å². The van der Waals surface area contributed by atoms with Gasteiger partial charge in [0.15, 0.2) is 0 Å². The van der Waals surface area contributed by atoms with Crippen LogP contribution in [0.15, 0.2) is 41.2 Å². The van der Waals surface area contributed by atoms with Crippen LogP contribution < -0.4 is 0 Å². The second kappa shape index (κ2) is 4.73. The Kier molecular flexibility index (Phi) is 2.90. The fraction of sp³-hybridized carbons (Fsp3) is 0.0714. The molecule has 0 bridgehead atoms. The van der Waals surface area contributed by atoms with Gasteiger partial charge in [-0.05, 0) is 36.8 Å². The van der Waals surface area contributed by atoms with Gasteiger partial charge in [-0.25, -0.2) is 4.39 Å². The smallest absolute Gasteiger partial charge is 0.259 e. The summed E-state index contributed by atoms with van der Waals surface area (Å²) in [7, 11) is 0. The summed E-state index contributed by atoms with van der Waals surface area (Å²) in [5.74, 6) is 0.325. The Hall–Kier alpha value is -2.76. The lowest BCUT2D eigenvalue weighted by Gasteiger charge is -1.98. The first-order valence-electron chi connectivity index (χ1n) is 5.88. The van der Waals surface area contributed by atoms with E-state index < -0.39 is 0 Å². The summed E-state index contributed by atoms with van der Waals surface area (Å²) < 4.78 is 18.4.